The molecule has 0 unspecified atom stereocenters. The van der Waals surface area contributed by atoms with Crippen molar-refractivity contribution < 1.29 is 0 Å². The van der Waals surface area contributed by atoms with Crippen LogP contribution in [0.15, 0.2) is 140 Å². The van der Waals surface area contributed by atoms with Crippen molar-refractivity contribution in [3.8, 4) is 45.3 Å². The van der Waals surface area contributed by atoms with E-state index in [0.717, 1.165) is 56.3 Å². The third-order valence-corrected chi connectivity index (χ3v) is 7.78. The number of hydrogen-bond donors (Lipinski definition) is 0. The van der Waals surface area contributed by atoms with Crippen LogP contribution >= 0.6 is 0 Å². The number of nitrogens with zero attached hydrogens (tertiary/aromatic N) is 6. The van der Waals surface area contributed by atoms with E-state index in [9.17, 15) is 0 Å². The molecule has 200 valence electrons. The topological polar surface area (TPSA) is 53.5 Å². The van der Waals surface area contributed by atoms with Gasteiger partial charge < -0.3 is 9.13 Å². The summed E-state index contributed by atoms with van der Waals surface area (Å²) in [7, 11) is 2.02. The third-order valence-electron chi connectivity index (χ3n) is 7.78. The summed E-state index contributed by atoms with van der Waals surface area (Å²) in [5.74, 6) is 0.931. The van der Waals surface area contributed by atoms with Crippen LogP contribution in [0.5, 0.6) is 0 Å². The van der Waals surface area contributed by atoms with E-state index in [1.54, 1.807) is 4.80 Å². The second-order valence-electron chi connectivity index (χ2n) is 10.4. The molecule has 3 aromatic heterocycles. The number of para-hydroxylation sites is 1. The lowest BCUT2D eigenvalue weighted by Gasteiger charge is -2.11. The molecule has 0 radical (unpaired) electrons. The fourth-order valence-corrected chi connectivity index (χ4v) is 5.79. The number of imidazole rings is 1. The van der Waals surface area contributed by atoms with Crippen LogP contribution < -0.4 is 0 Å². The van der Waals surface area contributed by atoms with Gasteiger partial charge in [0.1, 0.15) is 17.2 Å². The minimum absolute atomic E-state index is 0.852. The van der Waals surface area contributed by atoms with Crippen molar-refractivity contribution in [3.63, 3.8) is 0 Å². The predicted octanol–water partition coefficient (Wildman–Crippen LogP) is 8.10. The van der Waals surface area contributed by atoms with E-state index in [-0.39, 0.29) is 0 Å². The van der Waals surface area contributed by atoms with Crippen molar-refractivity contribution in [2.75, 3.05) is 0 Å². The molecule has 0 bridgehead atoms. The lowest BCUT2D eigenvalue weighted by atomic mass is 10.1. The van der Waals surface area contributed by atoms with Crippen LogP contribution in [0.2, 0.25) is 0 Å². The van der Waals surface area contributed by atoms with Gasteiger partial charge in [-0.25, -0.2) is 4.98 Å². The van der Waals surface area contributed by atoms with Crippen LogP contribution in [0.3, 0.4) is 0 Å². The number of fused-ring (bicyclic) bond motifs is 3. The van der Waals surface area contributed by atoms with Gasteiger partial charge >= 0.3 is 0 Å². The third kappa shape index (κ3) is 3.92. The summed E-state index contributed by atoms with van der Waals surface area (Å²) >= 11 is 0. The molecule has 0 saturated heterocycles. The van der Waals surface area contributed by atoms with E-state index >= 15 is 0 Å². The SMILES string of the molecule is Cn1ccnc1-c1cccc(-n2c3ccccc3c3ccc(-n4nc(-c5ccccc5)c(-c5ccccc5)n4)cc32)c1. The molecule has 8 aromatic rings. The minimum atomic E-state index is 0.852. The molecule has 0 amide bonds. The Morgan fingerprint density at radius 1 is 0.524 bits per heavy atom. The number of hydrogen-bond acceptors (Lipinski definition) is 3. The van der Waals surface area contributed by atoms with E-state index < -0.39 is 0 Å². The summed E-state index contributed by atoms with van der Waals surface area (Å²) in [6.07, 6.45) is 3.80. The van der Waals surface area contributed by atoms with Crippen LogP contribution in [0, 0.1) is 0 Å². The smallest absolute Gasteiger partial charge is 0.139 e. The summed E-state index contributed by atoms with van der Waals surface area (Å²) in [6.45, 7) is 0. The van der Waals surface area contributed by atoms with E-state index in [1.165, 1.54) is 10.8 Å². The molecule has 6 nitrogen and oxygen atoms in total. The predicted molar refractivity (Wildman–Crippen MR) is 169 cm³/mol. The average Bonchev–Trinajstić information content (AvgIpc) is 3.77. The monoisotopic (exact) mass is 542 g/mol. The summed E-state index contributed by atoms with van der Waals surface area (Å²) in [5, 5.41) is 12.4. The molecule has 8 rings (SSSR count). The number of aryl methyl sites for hydroxylation is 1. The fourth-order valence-electron chi connectivity index (χ4n) is 5.79. The minimum Gasteiger partial charge on any atom is -0.334 e. The van der Waals surface area contributed by atoms with Crippen LogP contribution in [0.4, 0.5) is 0 Å². The maximum atomic E-state index is 5.03. The maximum Gasteiger partial charge on any atom is 0.139 e. The molecule has 0 spiro atoms. The first-order chi connectivity index (χ1) is 20.7. The summed E-state index contributed by atoms with van der Waals surface area (Å²) in [6, 6.07) is 44.1. The van der Waals surface area contributed by atoms with Crippen molar-refractivity contribution in [1.29, 1.82) is 0 Å². The lowest BCUT2D eigenvalue weighted by molar-refractivity contribution is 0.756. The van der Waals surface area contributed by atoms with Crippen molar-refractivity contribution >= 4 is 21.8 Å². The van der Waals surface area contributed by atoms with Gasteiger partial charge in [0.25, 0.3) is 0 Å². The fraction of sp³-hybridized carbons (Fsp3) is 0.0278. The first-order valence-corrected chi connectivity index (χ1v) is 13.9. The van der Waals surface area contributed by atoms with Gasteiger partial charge in [0, 0.05) is 52.6 Å². The molecule has 0 aliphatic heterocycles. The Labute approximate surface area is 242 Å². The maximum absolute atomic E-state index is 5.03. The lowest BCUT2D eigenvalue weighted by Crippen LogP contribution is -2.00. The van der Waals surface area contributed by atoms with Gasteiger partial charge in [-0.05, 0) is 36.4 Å². The first-order valence-electron chi connectivity index (χ1n) is 13.9. The molecule has 6 heteroatoms. The molecular weight excluding hydrogens is 516 g/mol. The summed E-state index contributed by atoms with van der Waals surface area (Å²) in [5.41, 5.74) is 9.03. The Morgan fingerprint density at radius 2 is 1.17 bits per heavy atom. The molecule has 0 aliphatic rings. The quantitative estimate of drug-likeness (QED) is 0.221. The normalized spacial score (nSPS) is 11.5. The Kier molecular flexibility index (Phi) is 5.57. The van der Waals surface area contributed by atoms with Gasteiger partial charge in [0.2, 0.25) is 0 Å². The average molecular weight is 543 g/mol. The molecule has 42 heavy (non-hydrogen) atoms. The Bertz CT molecular complexity index is 2150. The summed E-state index contributed by atoms with van der Waals surface area (Å²) in [4.78, 5) is 6.34. The van der Waals surface area contributed by atoms with Crippen LogP contribution in [0.1, 0.15) is 0 Å². The van der Waals surface area contributed by atoms with E-state index in [0.29, 0.717) is 0 Å². The zero-order chi connectivity index (χ0) is 28.0. The highest BCUT2D eigenvalue weighted by molar-refractivity contribution is 6.09. The Morgan fingerprint density at radius 3 is 1.86 bits per heavy atom. The largest absolute Gasteiger partial charge is 0.334 e. The number of aromatic nitrogens is 6. The van der Waals surface area contributed by atoms with E-state index in [1.807, 2.05) is 60.4 Å². The molecule has 0 fully saturated rings. The van der Waals surface area contributed by atoms with E-state index in [4.69, 9.17) is 10.2 Å². The van der Waals surface area contributed by atoms with Gasteiger partial charge in [-0.15, -0.1) is 10.2 Å². The van der Waals surface area contributed by atoms with Crippen molar-refractivity contribution in [3.05, 3.63) is 140 Å². The van der Waals surface area contributed by atoms with Gasteiger partial charge in [-0.3, -0.25) is 0 Å². The highest BCUT2D eigenvalue weighted by atomic mass is 15.5. The van der Waals surface area contributed by atoms with Crippen LogP contribution in [-0.2, 0) is 7.05 Å². The number of benzene rings is 5. The molecular formula is C36H26N6. The highest BCUT2D eigenvalue weighted by Crippen LogP contribution is 2.35. The zero-order valence-electron chi connectivity index (χ0n) is 23.0. The van der Waals surface area contributed by atoms with Crippen LogP contribution in [-0.4, -0.2) is 29.1 Å². The van der Waals surface area contributed by atoms with Crippen LogP contribution in [0.25, 0.3) is 67.1 Å². The van der Waals surface area contributed by atoms with Crippen molar-refractivity contribution in [1.82, 2.24) is 29.1 Å². The molecule has 0 atom stereocenters. The molecule has 3 heterocycles. The van der Waals surface area contributed by atoms with Gasteiger partial charge in [0.15, 0.2) is 0 Å². The first kappa shape index (κ1) is 24.1. The highest BCUT2D eigenvalue weighted by Gasteiger charge is 2.18. The summed E-state index contributed by atoms with van der Waals surface area (Å²) < 4.78 is 4.36. The zero-order valence-corrected chi connectivity index (χ0v) is 23.0. The molecule has 0 saturated carbocycles. The Hall–Kier alpha value is -5.75. The van der Waals surface area contributed by atoms with Crippen molar-refractivity contribution in [2.45, 2.75) is 0 Å². The second kappa shape index (κ2) is 9.71. The molecule has 5 aromatic carbocycles. The standard InChI is InChI=1S/C36H26N6/c1-40-22-21-37-36(40)27-15-10-16-28(23-27)41-32-18-9-8-17-30(32)31-20-19-29(24-33(31)41)42-38-34(25-11-4-2-5-12-25)35(39-42)26-13-6-3-7-14-26/h2-24H,1H3. The molecule has 0 N–H and O–H groups in total. The Balaban J connectivity index is 1.34. The second-order valence-corrected chi connectivity index (χ2v) is 10.4. The van der Waals surface area contributed by atoms with Gasteiger partial charge in [-0.1, -0.05) is 91.0 Å². The van der Waals surface area contributed by atoms with Gasteiger partial charge in [0.05, 0.1) is 16.7 Å². The van der Waals surface area contributed by atoms with Crippen molar-refractivity contribution in [2.24, 2.45) is 7.05 Å². The van der Waals surface area contributed by atoms with Gasteiger partial charge in [-0.2, -0.15) is 4.80 Å². The van der Waals surface area contributed by atoms with E-state index in [2.05, 4.69) is 101 Å². The number of rotatable bonds is 5. The molecule has 0 aliphatic carbocycles.